The first kappa shape index (κ1) is 13.6. The maximum atomic E-state index is 9.49. The molecular weight excluding hydrogens is 254 g/mol. The summed E-state index contributed by atoms with van der Waals surface area (Å²) in [6.45, 7) is 5.15. The molecule has 0 saturated carbocycles. The first-order chi connectivity index (χ1) is 9.75. The molecule has 3 rings (SSSR count). The second kappa shape index (κ2) is 5.95. The minimum atomic E-state index is -0.347. The lowest BCUT2D eigenvalue weighted by molar-refractivity contribution is 0.0206. The number of benzene rings is 1. The maximum absolute atomic E-state index is 9.49. The third-order valence-electron chi connectivity index (χ3n) is 3.78. The van der Waals surface area contributed by atoms with Crippen LogP contribution in [0.3, 0.4) is 0 Å². The van der Waals surface area contributed by atoms with E-state index in [4.69, 9.17) is 9.47 Å². The normalized spacial score (nSPS) is 26.3. The smallest absolute Gasteiger partial charge is 0.132 e. The van der Waals surface area contributed by atoms with Crippen LogP contribution >= 0.6 is 0 Å². The molecule has 0 bridgehead atoms. The minimum absolute atomic E-state index is 0.161. The van der Waals surface area contributed by atoms with Gasteiger partial charge in [-0.15, -0.1) is 0 Å². The van der Waals surface area contributed by atoms with E-state index in [0.717, 1.165) is 37.8 Å². The molecule has 2 atom stereocenters. The Morgan fingerprint density at radius 3 is 2.85 bits per heavy atom. The van der Waals surface area contributed by atoms with Crippen LogP contribution in [-0.4, -0.2) is 42.4 Å². The number of para-hydroxylation sites is 1. The van der Waals surface area contributed by atoms with Crippen LogP contribution in [0, 0.1) is 0 Å². The minimum Gasteiger partial charge on any atom is -0.460 e. The Balaban J connectivity index is 1.89. The van der Waals surface area contributed by atoms with Crippen molar-refractivity contribution in [2.75, 3.05) is 26.3 Å². The molecule has 0 radical (unpaired) electrons. The van der Waals surface area contributed by atoms with E-state index in [9.17, 15) is 5.11 Å². The summed E-state index contributed by atoms with van der Waals surface area (Å²) >= 11 is 0. The molecule has 1 fully saturated rings. The Bertz CT molecular complexity index is 492. The number of fused-ring (bicyclic) bond motifs is 1. The van der Waals surface area contributed by atoms with E-state index in [1.807, 2.05) is 24.3 Å². The summed E-state index contributed by atoms with van der Waals surface area (Å²) in [4.78, 5) is 2.39. The quantitative estimate of drug-likeness (QED) is 0.917. The van der Waals surface area contributed by atoms with E-state index in [-0.39, 0.29) is 12.1 Å². The third-order valence-corrected chi connectivity index (χ3v) is 3.78. The summed E-state index contributed by atoms with van der Waals surface area (Å²) in [6.07, 6.45) is 2.29. The predicted octanol–water partition coefficient (Wildman–Crippen LogP) is 2.11. The molecule has 4 heteroatoms. The van der Waals surface area contributed by atoms with Gasteiger partial charge >= 0.3 is 0 Å². The molecule has 4 nitrogen and oxygen atoms in total. The Morgan fingerprint density at radius 1 is 1.35 bits per heavy atom. The molecule has 0 amide bonds. The summed E-state index contributed by atoms with van der Waals surface area (Å²) in [5, 5.41) is 9.49. The zero-order chi connectivity index (χ0) is 13.9. The number of aliphatic hydroxyl groups excluding tert-OH is 1. The van der Waals surface area contributed by atoms with Crippen molar-refractivity contribution in [3.63, 3.8) is 0 Å². The Hall–Kier alpha value is -1.36. The van der Waals surface area contributed by atoms with Gasteiger partial charge in [-0.2, -0.15) is 0 Å². The van der Waals surface area contributed by atoms with Gasteiger partial charge in [0.25, 0.3) is 0 Å². The van der Waals surface area contributed by atoms with Gasteiger partial charge < -0.3 is 14.6 Å². The van der Waals surface area contributed by atoms with Gasteiger partial charge in [-0.05, 0) is 25.5 Å². The molecule has 2 aliphatic heterocycles. The van der Waals surface area contributed by atoms with Crippen molar-refractivity contribution in [3.05, 3.63) is 41.7 Å². The van der Waals surface area contributed by atoms with Gasteiger partial charge in [0.05, 0.1) is 25.4 Å². The molecule has 20 heavy (non-hydrogen) atoms. The lowest BCUT2D eigenvalue weighted by Gasteiger charge is -2.32. The molecule has 0 spiro atoms. The highest BCUT2D eigenvalue weighted by Crippen LogP contribution is 2.42. The molecule has 1 aromatic rings. The fourth-order valence-electron chi connectivity index (χ4n) is 2.79. The van der Waals surface area contributed by atoms with Crippen LogP contribution in [-0.2, 0) is 4.74 Å². The van der Waals surface area contributed by atoms with Crippen molar-refractivity contribution in [2.45, 2.75) is 25.5 Å². The van der Waals surface area contributed by atoms with Gasteiger partial charge in [0.15, 0.2) is 0 Å². The first-order valence-electron chi connectivity index (χ1n) is 7.22. The highest BCUT2D eigenvalue weighted by molar-refractivity contribution is 5.45. The number of hydrogen-bond acceptors (Lipinski definition) is 4. The fraction of sp³-hybridized carbons (Fsp3) is 0.500. The van der Waals surface area contributed by atoms with E-state index in [0.29, 0.717) is 6.42 Å². The summed E-state index contributed by atoms with van der Waals surface area (Å²) < 4.78 is 11.4. The van der Waals surface area contributed by atoms with Crippen LogP contribution in [0.25, 0.3) is 0 Å². The monoisotopic (exact) mass is 275 g/mol. The van der Waals surface area contributed by atoms with E-state index < -0.39 is 0 Å². The SMILES string of the molecule is CC(O)C/C=C1\Oc2ccccc2C1N1CCOCC1. The summed E-state index contributed by atoms with van der Waals surface area (Å²) in [5.74, 6) is 1.87. The van der Waals surface area contributed by atoms with Gasteiger partial charge in [0, 0.05) is 18.7 Å². The number of rotatable bonds is 3. The van der Waals surface area contributed by atoms with Gasteiger partial charge in [0.1, 0.15) is 11.5 Å². The van der Waals surface area contributed by atoms with Gasteiger partial charge in [-0.3, -0.25) is 4.90 Å². The molecule has 0 aromatic heterocycles. The standard InChI is InChI=1S/C16H21NO3/c1-12(18)6-7-15-16(17-8-10-19-11-9-17)13-4-2-3-5-14(13)20-15/h2-5,7,12,16,18H,6,8-11H2,1H3/b15-7-. The summed E-state index contributed by atoms with van der Waals surface area (Å²) in [6, 6.07) is 8.33. The Labute approximate surface area is 119 Å². The van der Waals surface area contributed by atoms with Crippen molar-refractivity contribution < 1.29 is 14.6 Å². The molecule has 1 N–H and O–H groups in total. The summed E-state index contributed by atoms with van der Waals surface area (Å²) in [7, 11) is 0. The maximum Gasteiger partial charge on any atom is 0.132 e. The predicted molar refractivity (Wildman–Crippen MR) is 76.6 cm³/mol. The van der Waals surface area contributed by atoms with Crippen LogP contribution in [0.5, 0.6) is 5.75 Å². The van der Waals surface area contributed by atoms with Crippen molar-refractivity contribution in [3.8, 4) is 5.75 Å². The van der Waals surface area contributed by atoms with E-state index in [1.165, 1.54) is 5.56 Å². The highest BCUT2D eigenvalue weighted by atomic mass is 16.5. The molecule has 0 aliphatic carbocycles. The first-order valence-corrected chi connectivity index (χ1v) is 7.22. The van der Waals surface area contributed by atoms with Crippen molar-refractivity contribution in [1.82, 2.24) is 4.90 Å². The van der Waals surface area contributed by atoms with E-state index in [2.05, 4.69) is 11.0 Å². The van der Waals surface area contributed by atoms with E-state index >= 15 is 0 Å². The largest absolute Gasteiger partial charge is 0.460 e. The average Bonchev–Trinajstić information content (AvgIpc) is 2.84. The van der Waals surface area contributed by atoms with E-state index in [1.54, 1.807) is 6.92 Å². The van der Waals surface area contributed by atoms with Gasteiger partial charge in [0.2, 0.25) is 0 Å². The molecule has 2 unspecified atom stereocenters. The molecule has 2 heterocycles. The number of nitrogens with zero attached hydrogens (tertiary/aromatic N) is 1. The number of aliphatic hydroxyl groups is 1. The lowest BCUT2D eigenvalue weighted by atomic mass is 10.0. The van der Waals surface area contributed by atoms with Crippen LogP contribution < -0.4 is 4.74 Å². The van der Waals surface area contributed by atoms with Crippen LogP contribution in [0.2, 0.25) is 0 Å². The number of morpholine rings is 1. The van der Waals surface area contributed by atoms with Crippen molar-refractivity contribution in [2.24, 2.45) is 0 Å². The Morgan fingerprint density at radius 2 is 2.10 bits per heavy atom. The van der Waals surface area contributed by atoms with Crippen LogP contribution in [0.4, 0.5) is 0 Å². The fourth-order valence-corrected chi connectivity index (χ4v) is 2.79. The zero-order valence-corrected chi connectivity index (χ0v) is 11.8. The van der Waals surface area contributed by atoms with Gasteiger partial charge in [-0.25, -0.2) is 0 Å². The lowest BCUT2D eigenvalue weighted by Crippen LogP contribution is -2.39. The van der Waals surface area contributed by atoms with Crippen molar-refractivity contribution in [1.29, 1.82) is 0 Å². The average molecular weight is 275 g/mol. The summed E-state index contributed by atoms with van der Waals surface area (Å²) in [5.41, 5.74) is 1.21. The van der Waals surface area contributed by atoms with Crippen LogP contribution in [0.15, 0.2) is 36.1 Å². The second-order valence-electron chi connectivity index (χ2n) is 5.38. The third kappa shape index (κ3) is 2.73. The van der Waals surface area contributed by atoms with Crippen LogP contribution in [0.1, 0.15) is 24.9 Å². The highest BCUT2D eigenvalue weighted by Gasteiger charge is 2.34. The topological polar surface area (TPSA) is 41.9 Å². The number of ether oxygens (including phenoxy) is 2. The molecule has 1 aromatic carbocycles. The van der Waals surface area contributed by atoms with Crippen molar-refractivity contribution >= 4 is 0 Å². The molecular formula is C16H21NO3. The molecule has 108 valence electrons. The Kier molecular flexibility index (Phi) is 4.05. The second-order valence-corrected chi connectivity index (χ2v) is 5.38. The van der Waals surface area contributed by atoms with Gasteiger partial charge in [-0.1, -0.05) is 18.2 Å². The molecule has 1 saturated heterocycles. The molecule has 2 aliphatic rings. The number of hydrogen-bond donors (Lipinski definition) is 1. The zero-order valence-electron chi connectivity index (χ0n) is 11.8.